The van der Waals surface area contributed by atoms with E-state index in [0.717, 1.165) is 0 Å². The third-order valence-corrected chi connectivity index (χ3v) is 3.68. The van der Waals surface area contributed by atoms with Gasteiger partial charge in [0.15, 0.2) is 6.61 Å². The molecule has 1 amide bonds. The first-order valence-electron chi connectivity index (χ1n) is 7.50. The second-order valence-electron chi connectivity index (χ2n) is 5.07. The number of nitrogens with one attached hydrogen (secondary N) is 1. The van der Waals surface area contributed by atoms with Crippen LogP contribution in [0.15, 0.2) is 36.4 Å². The lowest BCUT2D eigenvalue weighted by Gasteiger charge is -2.11. The molecule has 0 unspecified atom stereocenters. The average molecular weight is 380 g/mol. The fourth-order valence-corrected chi connectivity index (χ4v) is 2.27. The van der Waals surface area contributed by atoms with Crippen LogP contribution in [0, 0.1) is 0 Å². The molecule has 0 bridgehead atoms. The van der Waals surface area contributed by atoms with Gasteiger partial charge < -0.3 is 24.3 Å². The van der Waals surface area contributed by atoms with E-state index in [-0.39, 0.29) is 17.2 Å². The van der Waals surface area contributed by atoms with Gasteiger partial charge >= 0.3 is 5.97 Å². The Bertz CT molecular complexity index is 786. The Labute approximate surface area is 155 Å². The number of rotatable bonds is 7. The summed E-state index contributed by atoms with van der Waals surface area (Å²) in [5, 5.41) is 2.85. The molecule has 138 valence electrons. The lowest BCUT2D eigenvalue weighted by atomic mass is 10.2. The summed E-state index contributed by atoms with van der Waals surface area (Å²) in [7, 11) is 4.29. The van der Waals surface area contributed by atoms with E-state index in [1.54, 1.807) is 24.3 Å². The molecule has 0 aliphatic heterocycles. The number of hydrogen-bond acceptors (Lipinski definition) is 6. The van der Waals surface area contributed by atoms with Gasteiger partial charge in [-0.1, -0.05) is 11.6 Å². The van der Waals surface area contributed by atoms with Crippen molar-refractivity contribution in [2.24, 2.45) is 0 Å². The first kappa shape index (κ1) is 19.4. The molecule has 0 heterocycles. The average Bonchev–Trinajstić information content (AvgIpc) is 2.66. The maximum atomic E-state index is 12.1. The third-order valence-electron chi connectivity index (χ3n) is 3.35. The van der Waals surface area contributed by atoms with Crippen LogP contribution in [0.25, 0.3) is 0 Å². The van der Waals surface area contributed by atoms with E-state index in [2.05, 4.69) is 10.1 Å². The summed E-state index contributed by atoms with van der Waals surface area (Å²) in [6, 6.07) is 9.45. The minimum Gasteiger partial charge on any atom is -0.496 e. The molecule has 1 N–H and O–H groups in total. The van der Waals surface area contributed by atoms with Crippen molar-refractivity contribution in [1.82, 2.24) is 0 Å². The number of carbonyl (C=O) groups excluding carboxylic acids is 2. The third kappa shape index (κ3) is 5.03. The molecular weight excluding hydrogens is 362 g/mol. The Kier molecular flexibility index (Phi) is 6.68. The van der Waals surface area contributed by atoms with Crippen LogP contribution in [-0.2, 0) is 9.53 Å². The van der Waals surface area contributed by atoms with E-state index < -0.39 is 11.9 Å². The molecule has 0 saturated heterocycles. The Morgan fingerprint density at radius 1 is 0.962 bits per heavy atom. The Balaban J connectivity index is 2.02. The number of carbonyl (C=O) groups is 2. The number of ether oxygens (including phenoxy) is 4. The summed E-state index contributed by atoms with van der Waals surface area (Å²) < 4.78 is 20.4. The molecule has 2 aromatic carbocycles. The van der Waals surface area contributed by atoms with E-state index in [1.165, 1.54) is 33.5 Å². The normalized spacial score (nSPS) is 10.0. The van der Waals surface area contributed by atoms with Gasteiger partial charge in [-0.3, -0.25) is 4.79 Å². The van der Waals surface area contributed by atoms with Gasteiger partial charge in [-0.2, -0.15) is 0 Å². The largest absolute Gasteiger partial charge is 0.496 e. The number of amides is 1. The van der Waals surface area contributed by atoms with Crippen molar-refractivity contribution in [1.29, 1.82) is 0 Å². The summed E-state index contributed by atoms with van der Waals surface area (Å²) in [6.45, 7) is -0.244. The minimum atomic E-state index is -0.592. The standard InChI is InChI=1S/C18H18ClNO6/c1-23-12-7-13(24-2)9-14(8-12)26-10-17(21)20-11-4-5-16(19)15(6-11)18(22)25-3/h4-9H,10H2,1-3H3,(H,20,21). The summed E-state index contributed by atoms with van der Waals surface area (Å²) in [4.78, 5) is 23.7. The number of halogens is 1. The van der Waals surface area contributed by atoms with Crippen LogP contribution in [0.1, 0.15) is 10.4 Å². The van der Waals surface area contributed by atoms with Crippen molar-refractivity contribution in [3.63, 3.8) is 0 Å². The van der Waals surface area contributed by atoms with Crippen LogP contribution in [0.5, 0.6) is 17.2 Å². The number of anilines is 1. The van der Waals surface area contributed by atoms with Crippen LogP contribution in [0.2, 0.25) is 5.02 Å². The number of benzene rings is 2. The molecule has 0 atom stereocenters. The van der Waals surface area contributed by atoms with Crippen molar-refractivity contribution >= 4 is 29.2 Å². The molecule has 0 radical (unpaired) electrons. The molecule has 2 aromatic rings. The van der Waals surface area contributed by atoms with Crippen LogP contribution >= 0.6 is 11.6 Å². The molecule has 26 heavy (non-hydrogen) atoms. The molecule has 0 aliphatic rings. The topological polar surface area (TPSA) is 83.1 Å². The SMILES string of the molecule is COC(=O)c1cc(NC(=O)COc2cc(OC)cc(OC)c2)ccc1Cl. The summed E-state index contributed by atoms with van der Waals surface area (Å²) in [5.74, 6) is 0.499. The second-order valence-corrected chi connectivity index (χ2v) is 5.48. The zero-order valence-electron chi connectivity index (χ0n) is 14.5. The highest BCUT2D eigenvalue weighted by atomic mass is 35.5. The van der Waals surface area contributed by atoms with E-state index in [4.69, 9.17) is 25.8 Å². The van der Waals surface area contributed by atoms with Gasteiger partial charge in [-0.15, -0.1) is 0 Å². The summed E-state index contributed by atoms with van der Waals surface area (Å²) in [5.41, 5.74) is 0.553. The van der Waals surface area contributed by atoms with Crippen molar-refractivity contribution in [3.05, 3.63) is 47.0 Å². The van der Waals surface area contributed by atoms with E-state index >= 15 is 0 Å². The van der Waals surface area contributed by atoms with Gasteiger partial charge in [0, 0.05) is 23.9 Å². The van der Waals surface area contributed by atoms with Crippen LogP contribution in [-0.4, -0.2) is 39.8 Å². The maximum Gasteiger partial charge on any atom is 0.339 e. The first-order chi connectivity index (χ1) is 12.5. The second kappa shape index (κ2) is 8.96. The first-order valence-corrected chi connectivity index (χ1v) is 7.88. The van der Waals surface area contributed by atoms with Crippen molar-refractivity contribution in [3.8, 4) is 17.2 Å². The van der Waals surface area contributed by atoms with E-state index in [9.17, 15) is 9.59 Å². The molecule has 0 aliphatic carbocycles. The zero-order valence-corrected chi connectivity index (χ0v) is 15.3. The Morgan fingerprint density at radius 3 is 2.15 bits per heavy atom. The highest BCUT2D eigenvalue weighted by Crippen LogP contribution is 2.27. The van der Waals surface area contributed by atoms with Crippen molar-refractivity contribution in [2.45, 2.75) is 0 Å². The molecule has 0 spiro atoms. The van der Waals surface area contributed by atoms with E-state index in [1.807, 2.05) is 0 Å². The fourth-order valence-electron chi connectivity index (χ4n) is 2.08. The zero-order chi connectivity index (χ0) is 19.1. The highest BCUT2D eigenvalue weighted by molar-refractivity contribution is 6.33. The number of methoxy groups -OCH3 is 3. The van der Waals surface area contributed by atoms with Gasteiger partial charge in [0.05, 0.1) is 31.9 Å². The lowest BCUT2D eigenvalue weighted by molar-refractivity contribution is -0.118. The molecule has 7 nitrogen and oxygen atoms in total. The molecule has 2 rings (SSSR count). The number of esters is 1. The van der Waals surface area contributed by atoms with Crippen molar-refractivity contribution < 1.29 is 28.5 Å². The van der Waals surface area contributed by atoms with Gasteiger partial charge in [0.25, 0.3) is 5.91 Å². The summed E-state index contributed by atoms with van der Waals surface area (Å²) in [6.07, 6.45) is 0. The van der Waals surface area contributed by atoms with E-state index in [0.29, 0.717) is 22.9 Å². The van der Waals surface area contributed by atoms with Crippen molar-refractivity contribution in [2.75, 3.05) is 33.3 Å². The minimum absolute atomic E-state index is 0.158. The maximum absolute atomic E-state index is 12.1. The van der Waals surface area contributed by atoms with Crippen LogP contribution in [0.4, 0.5) is 5.69 Å². The quantitative estimate of drug-likeness (QED) is 0.744. The molecule has 0 saturated carbocycles. The molecule has 0 fully saturated rings. The number of hydrogen-bond donors (Lipinski definition) is 1. The molecular formula is C18H18ClNO6. The highest BCUT2D eigenvalue weighted by Gasteiger charge is 2.13. The van der Waals surface area contributed by atoms with Crippen LogP contribution < -0.4 is 19.5 Å². The lowest BCUT2D eigenvalue weighted by Crippen LogP contribution is -2.20. The monoisotopic (exact) mass is 379 g/mol. The molecule has 0 aromatic heterocycles. The predicted octanol–water partition coefficient (Wildman–Crippen LogP) is 3.16. The Morgan fingerprint density at radius 2 is 1.58 bits per heavy atom. The molecule has 8 heteroatoms. The summed E-state index contributed by atoms with van der Waals surface area (Å²) >= 11 is 5.94. The van der Waals surface area contributed by atoms with Crippen LogP contribution in [0.3, 0.4) is 0 Å². The van der Waals surface area contributed by atoms with Gasteiger partial charge in [-0.25, -0.2) is 4.79 Å². The smallest absolute Gasteiger partial charge is 0.339 e. The van der Waals surface area contributed by atoms with Gasteiger partial charge in [0.2, 0.25) is 0 Å². The Hall–Kier alpha value is -2.93. The predicted molar refractivity (Wildman–Crippen MR) is 96.5 cm³/mol. The van der Waals surface area contributed by atoms with Gasteiger partial charge in [-0.05, 0) is 18.2 Å². The van der Waals surface area contributed by atoms with Gasteiger partial charge in [0.1, 0.15) is 17.2 Å². The fraction of sp³-hybridized carbons (Fsp3) is 0.222.